The lowest BCUT2D eigenvalue weighted by Gasteiger charge is -2.12. The molecule has 3 N–H and O–H groups in total. The van der Waals surface area contributed by atoms with Gasteiger partial charge in [0.05, 0.1) is 29.5 Å². The first-order valence-electron chi connectivity index (χ1n) is 6.71. The van der Waals surface area contributed by atoms with Gasteiger partial charge in [0.1, 0.15) is 4.90 Å². The number of rotatable bonds is 10. The SMILES string of the molecule is CCCONc1ccc(S(=O)(=O)O)c(S(=O)(=O)CCOS(=O)(=O)O)c1. The summed E-state index contributed by atoms with van der Waals surface area (Å²) in [5.74, 6) is -0.964. The fourth-order valence-electron chi connectivity index (χ4n) is 1.62. The zero-order valence-corrected chi connectivity index (χ0v) is 15.4. The van der Waals surface area contributed by atoms with Gasteiger partial charge in [0.2, 0.25) is 0 Å². The van der Waals surface area contributed by atoms with Gasteiger partial charge in [-0.05, 0) is 24.6 Å². The molecule has 0 heterocycles. The molecule has 0 fully saturated rings. The van der Waals surface area contributed by atoms with Crippen molar-refractivity contribution < 1.29 is 43.4 Å². The summed E-state index contributed by atoms with van der Waals surface area (Å²) in [6.07, 6.45) is 0.661. The summed E-state index contributed by atoms with van der Waals surface area (Å²) >= 11 is 0. The quantitative estimate of drug-likeness (QED) is 0.270. The Kier molecular flexibility index (Phi) is 7.30. The first-order chi connectivity index (χ1) is 11.4. The normalized spacial score (nSPS) is 12.9. The van der Waals surface area contributed by atoms with E-state index in [0.29, 0.717) is 13.0 Å². The van der Waals surface area contributed by atoms with Crippen LogP contribution in [-0.2, 0) is 39.4 Å². The van der Waals surface area contributed by atoms with Gasteiger partial charge in [0.25, 0.3) is 10.1 Å². The van der Waals surface area contributed by atoms with Gasteiger partial charge in [-0.1, -0.05) is 6.92 Å². The van der Waals surface area contributed by atoms with Crippen molar-refractivity contribution in [3.05, 3.63) is 18.2 Å². The number of benzene rings is 1. The van der Waals surface area contributed by atoms with Crippen molar-refractivity contribution in [1.82, 2.24) is 0 Å². The van der Waals surface area contributed by atoms with Gasteiger partial charge >= 0.3 is 10.4 Å². The lowest BCUT2D eigenvalue weighted by molar-refractivity contribution is 0.194. The third-order valence-electron chi connectivity index (χ3n) is 2.64. The maximum Gasteiger partial charge on any atom is 0.397 e. The highest BCUT2D eigenvalue weighted by Crippen LogP contribution is 2.26. The molecule has 1 aromatic carbocycles. The minimum Gasteiger partial charge on any atom is -0.282 e. The van der Waals surface area contributed by atoms with Crippen LogP contribution in [0.1, 0.15) is 13.3 Å². The third-order valence-corrected chi connectivity index (χ3v) is 5.85. The van der Waals surface area contributed by atoms with E-state index >= 15 is 0 Å². The third kappa shape index (κ3) is 7.23. The molecule has 0 bridgehead atoms. The van der Waals surface area contributed by atoms with Crippen molar-refractivity contribution in [2.24, 2.45) is 0 Å². The van der Waals surface area contributed by atoms with Crippen molar-refractivity contribution >= 4 is 36.0 Å². The molecule has 0 unspecified atom stereocenters. The van der Waals surface area contributed by atoms with Crippen LogP contribution in [-0.4, -0.2) is 53.3 Å². The van der Waals surface area contributed by atoms with Crippen molar-refractivity contribution in [3.63, 3.8) is 0 Å². The highest BCUT2D eigenvalue weighted by Gasteiger charge is 2.26. The topological polar surface area (TPSA) is 173 Å². The summed E-state index contributed by atoms with van der Waals surface area (Å²) < 4.78 is 89.7. The Morgan fingerprint density at radius 2 is 1.64 bits per heavy atom. The molecule has 0 aliphatic carbocycles. The fraction of sp³-hybridized carbons (Fsp3) is 0.455. The summed E-state index contributed by atoms with van der Waals surface area (Å²) in [4.78, 5) is 3.33. The largest absolute Gasteiger partial charge is 0.397 e. The molecule has 0 aromatic heterocycles. The van der Waals surface area contributed by atoms with Crippen LogP contribution in [0, 0.1) is 0 Å². The number of anilines is 1. The Morgan fingerprint density at radius 1 is 1.00 bits per heavy atom. The van der Waals surface area contributed by atoms with Crippen LogP contribution in [0.15, 0.2) is 28.0 Å². The molecule has 0 saturated carbocycles. The predicted octanol–water partition coefficient (Wildman–Crippen LogP) is 0.280. The van der Waals surface area contributed by atoms with Crippen molar-refractivity contribution in [1.29, 1.82) is 0 Å². The lowest BCUT2D eigenvalue weighted by atomic mass is 10.3. The molecular formula is C11H17NO10S3. The fourth-order valence-corrected chi connectivity index (χ4v) is 4.48. The summed E-state index contributed by atoms with van der Waals surface area (Å²) in [5.41, 5.74) is 2.50. The first kappa shape index (κ1) is 21.8. The number of hydrogen-bond acceptors (Lipinski definition) is 9. The Bertz CT molecular complexity index is 905. The van der Waals surface area contributed by atoms with E-state index in [1.807, 2.05) is 6.92 Å². The molecule has 0 spiro atoms. The maximum atomic E-state index is 12.3. The standard InChI is InChI=1S/C11H17NO10S3/c1-2-5-21-12-9-3-4-10(24(15,16)17)11(8-9)23(13,14)7-6-22-25(18,19)20/h3-4,8,12H,2,5-7H2,1H3,(H,15,16,17)(H,18,19,20). The molecule has 1 rings (SSSR count). The van der Waals surface area contributed by atoms with Gasteiger partial charge in [-0.25, -0.2) is 12.6 Å². The molecule has 0 aliphatic heterocycles. The maximum absolute atomic E-state index is 12.3. The second-order valence-electron chi connectivity index (χ2n) is 4.66. The molecule has 0 atom stereocenters. The summed E-state index contributed by atoms with van der Waals surface area (Å²) in [7, 11) is -14.1. The van der Waals surface area contributed by atoms with E-state index in [-0.39, 0.29) is 5.69 Å². The lowest BCUT2D eigenvalue weighted by Crippen LogP contribution is -2.18. The van der Waals surface area contributed by atoms with Crippen LogP contribution >= 0.6 is 0 Å². The van der Waals surface area contributed by atoms with Gasteiger partial charge < -0.3 is 0 Å². The molecular weight excluding hydrogens is 402 g/mol. The van der Waals surface area contributed by atoms with Crippen LogP contribution in [0.4, 0.5) is 5.69 Å². The van der Waals surface area contributed by atoms with E-state index in [0.717, 1.165) is 12.1 Å². The summed E-state index contributed by atoms with van der Waals surface area (Å²) in [6.45, 7) is 1.18. The van der Waals surface area contributed by atoms with Gasteiger partial charge in [0.15, 0.2) is 9.84 Å². The van der Waals surface area contributed by atoms with Crippen LogP contribution < -0.4 is 5.48 Å². The van der Waals surface area contributed by atoms with E-state index in [4.69, 9.17) is 9.39 Å². The van der Waals surface area contributed by atoms with E-state index in [1.54, 1.807) is 0 Å². The van der Waals surface area contributed by atoms with E-state index in [9.17, 15) is 29.8 Å². The average Bonchev–Trinajstić information content (AvgIpc) is 2.44. The zero-order chi connectivity index (χ0) is 19.3. The number of hydrogen-bond donors (Lipinski definition) is 3. The molecule has 0 amide bonds. The molecule has 144 valence electrons. The Hall–Kier alpha value is -1.29. The van der Waals surface area contributed by atoms with Gasteiger partial charge in [-0.3, -0.25) is 19.4 Å². The van der Waals surface area contributed by atoms with E-state index in [1.165, 1.54) is 6.07 Å². The smallest absolute Gasteiger partial charge is 0.282 e. The highest BCUT2D eigenvalue weighted by molar-refractivity contribution is 7.92. The van der Waals surface area contributed by atoms with Crippen molar-refractivity contribution in [2.75, 3.05) is 24.4 Å². The monoisotopic (exact) mass is 419 g/mol. The Balaban J connectivity index is 3.20. The molecule has 25 heavy (non-hydrogen) atoms. The zero-order valence-electron chi connectivity index (χ0n) is 12.9. The van der Waals surface area contributed by atoms with E-state index < -0.39 is 52.5 Å². The van der Waals surface area contributed by atoms with Crippen molar-refractivity contribution in [3.8, 4) is 0 Å². The average molecular weight is 419 g/mol. The molecule has 14 heteroatoms. The second kappa shape index (κ2) is 8.39. The molecule has 1 aromatic rings. The molecule has 0 radical (unpaired) electrons. The molecule has 0 aliphatic rings. The minimum absolute atomic E-state index is 0.0927. The Morgan fingerprint density at radius 3 is 2.16 bits per heavy atom. The number of nitrogens with one attached hydrogen (secondary N) is 1. The van der Waals surface area contributed by atoms with Gasteiger partial charge in [-0.15, -0.1) is 0 Å². The van der Waals surface area contributed by atoms with Crippen LogP contribution in [0.3, 0.4) is 0 Å². The van der Waals surface area contributed by atoms with Gasteiger partial charge in [-0.2, -0.15) is 16.8 Å². The Labute approximate surface area is 145 Å². The van der Waals surface area contributed by atoms with Crippen molar-refractivity contribution in [2.45, 2.75) is 23.1 Å². The van der Waals surface area contributed by atoms with Crippen LogP contribution in [0.25, 0.3) is 0 Å². The minimum atomic E-state index is -4.87. The molecule has 11 nitrogen and oxygen atoms in total. The van der Waals surface area contributed by atoms with E-state index in [2.05, 4.69) is 9.66 Å². The van der Waals surface area contributed by atoms with Crippen LogP contribution in [0.5, 0.6) is 0 Å². The highest BCUT2D eigenvalue weighted by atomic mass is 32.3. The number of sulfone groups is 1. The van der Waals surface area contributed by atoms with Crippen LogP contribution in [0.2, 0.25) is 0 Å². The first-order valence-corrected chi connectivity index (χ1v) is 11.2. The predicted molar refractivity (Wildman–Crippen MR) is 85.7 cm³/mol. The summed E-state index contributed by atoms with van der Waals surface area (Å²) in [6, 6.07) is 2.93. The molecule has 0 saturated heterocycles. The second-order valence-corrected chi connectivity index (χ2v) is 9.21. The summed E-state index contributed by atoms with van der Waals surface area (Å²) in [5, 5.41) is 0. The van der Waals surface area contributed by atoms with Gasteiger partial charge in [0, 0.05) is 0 Å².